The van der Waals surface area contributed by atoms with E-state index in [9.17, 15) is 4.79 Å². The minimum absolute atomic E-state index is 0.0103. The van der Waals surface area contributed by atoms with Crippen LogP contribution in [0.4, 0.5) is 0 Å². The van der Waals surface area contributed by atoms with Crippen LogP contribution in [-0.4, -0.2) is 29.1 Å². The summed E-state index contributed by atoms with van der Waals surface area (Å²) in [5.74, 6) is 1.06. The first kappa shape index (κ1) is 14.4. The van der Waals surface area contributed by atoms with Crippen LogP contribution >= 0.6 is 11.8 Å². The summed E-state index contributed by atoms with van der Waals surface area (Å²) in [4.78, 5) is 15.6. The lowest BCUT2D eigenvalue weighted by atomic mass is 9.99. The Morgan fingerprint density at radius 1 is 1.26 bits per heavy atom. The molecule has 0 bridgehead atoms. The van der Waals surface area contributed by atoms with E-state index in [0.29, 0.717) is 0 Å². The predicted molar refractivity (Wildman–Crippen MR) is 81.5 cm³/mol. The van der Waals surface area contributed by atoms with Crippen molar-refractivity contribution in [2.75, 3.05) is 13.1 Å². The molecule has 2 rings (SSSR count). The number of carbonyl (C=O) groups is 1. The van der Waals surface area contributed by atoms with Gasteiger partial charge in [0, 0.05) is 18.0 Å². The van der Waals surface area contributed by atoms with Crippen LogP contribution in [0.3, 0.4) is 0 Å². The maximum absolute atomic E-state index is 12.4. The summed E-state index contributed by atoms with van der Waals surface area (Å²) in [6.07, 6.45) is 2.29. The molecular weight excluding hydrogens is 254 g/mol. The summed E-state index contributed by atoms with van der Waals surface area (Å²) in [5, 5.41) is 0.0103. The summed E-state index contributed by atoms with van der Waals surface area (Å²) >= 11 is 1.66. The lowest BCUT2D eigenvalue weighted by molar-refractivity contribution is -0.131. The van der Waals surface area contributed by atoms with Crippen LogP contribution in [0.1, 0.15) is 32.3 Å². The second-order valence-electron chi connectivity index (χ2n) is 5.58. The minimum Gasteiger partial charge on any atom is -0.342 e. The van der Waals surface area contributed by atoms with E-state index in [2.05, 4.69) is 38.1 Å². The number of rotatable bonds is 3. The molecule has 1 aliphatic rings. The Morgan fingerprint density at radius 3 is 2.42 bits per heavy atom. The molecule has 1 saturated heterocycles. The quantitative estimate of drug-likeness (QED) is 0.785. The normalized spacial score (nSPS) is 18.4. The van der Waals surface area contributed by atoms with Gasteiger partial charge in [-0.1, -0.05) is 24.6 Å². The highest BCUT2D eigenvalue weighted by atomic mass is 32.2. The number of benzene rings is 1. The number of hydrogen-bond acceptors (Lipinski definition) is 2. The molecule has 0 spiro atoms. The number of aryl methyl sites for hydroxylation is 1. The van der Waals surface area contributed by atoms with Crippen LogP contribution < -0.4 is 0 Å². The molecule has 0 unspecified atom stereocenters. The summed E-state index contributed by atoms with van der Waals surface area (Å²) in [7, 11) is 0. The van der Waals surface area contributed by atoms with Gasteiger partial charge in [0.2, 0.25) is 5.91 Å². The van der Waals surface area contributed by atoms with E-state index in [4.69, 9.17) is 0 Å². The van der Waals surface area contributed by atoms with Crippen LogP contribution in [0.2, 0.25) is 0 Å². The van der Waals surface area contributed by atoms with Crippen molar-refractivity contribution in [3.05, 3.63) is 29.8 Å². The molecule has 1 fully saturated rings. The molecule has 104 valence electrons. The molecular formula is C16H23NOS. The summed E-state index contributed by atoms with van der Waals surface area (Å²) < 4.78 is 0. The van der Waals surface area contributed by atoms with Gasteiger partial charge in [-0.05, 0) is 44.7 Å². The summed E-state index contributed by atoms with van der Waals surface area (Å²) in [6.45, 7) is 8.23. The first-order valence-corrected chi connectivity index (χ1v) is 7.96. The van der Waals surface area contributed by atoms with E-state index in [0.717, 1.165) is 31.8 Å². The molecule has 3 heteroatoms. The molecule has 1 aliphatic heterocycles. The maximum Gasteiger partial charge on any atom is 0.235 e. The first-order chi connectivity index (χ1) is 9.06. The Labute approximate surface area is 120 Å². The van der Waals surface area contributed by atoms with E-state index < -0.39 is 0 Å². The SMILES string of the molecule is Cc1ccc(S[C@@H](C)C(=O)N2CCC(C)CC2)cc1. The molecule has 1 aromatic rings. The molecule has 1 atom stereocenters. The van der Waals surface area contributed by atoms with Gasteiger partial charge in [0.15, 0.2) is 0 Å². The molecule has 0 saturated carbocycles. The third-order valence-electron chi connectivity index (χ3n) is 3.78. The van der Waals surface area contributed by atoms with Crippen LogP contribution in [-0.2, 0) is 4.79 Å². The number of carbonyl (C=O) groups excluding carboxylic acids is 1. The van der Waals surface area contributed by atoms with Crippen molar-refractivity contribution in [2.45, 2.75) is 43.8 Å². The van der Waals surface area contributed by atoms with Crippen LogP contribution in [0.25, 0.3) is 0 Å². The van der Waals surface area contributed by atoms with Gasteiger partial charge >= 0.3 is 0 Å². The van der Waals surface area contributed by atoms with Crippen LogP contribution in [0.15, 0.2) is 29.2 Å². The Kier molecular flexibility index (Phi) is 4.92. The van der Waals surface area contributed by atoms with Gasteiger partial charge in [0.05, 0.1) is 5.25 Å². The van der Waals surface area contributed by atoms with Crippen molar-refractivity contribution in [3.8, 4) is 0 Å². The first-order valence-electron chi connectivity index (χ1n) is 7.08. The maximum atomic E-state index is 12.4. The third kappa shape index (κ3) is 4.00. The molecule has 0 N–H and O–H groups in total. The van der Waals surface area contributed by atoms with E-state index in [-0.39, 0.29) is 11.2 Å². The zero-order chi connectivity index (χ0) is 13.8. The second-order valence-corrected chi connectivity index (χ2v) is 7.00. The largest absolute Gasteiger partial charge is 0.342 e. The number of hydrogen-bond donors (Lipinski definition) is 0. The summed E-state index contributed by atoms with van der Waals surface area (Å²) in [5.41, 5.74) is 1.26. The van der Waals surface area contributed by atoms with Crippen molar-refractivity contribution >= 4 is 17.7 Å². The van der Waals surface area contributed by atoms with Crippen molar-refractivity contribution in [1.82, 2.24) is 4.90 Å². The number of nitrogens with zero attached hydrogens (tertiary/aromatic N) is 1. The van der Waals surface area contributed by atoms with Gasteiger partial charge in [0.25, 0.3) is 0 Å². The minimum atomic E-state index is 0.0103. The van der Waals surface area contributed by atoms with Gasteiger partial charge in [-0.25, -0.2) is 0 Å². The highest BCUT2D eigenvalue weighted by Gasteiger charge is 2.24. The van der Waals surface area contributed by atoms with Crippen LogP contribution in [0, 0.1) is 12.8 Å². The zero-order valence-electron chi connectivity index (χ0n) is 12.1. The van der Waals surface area contributed by atoms with Gasteiger partial charge < -0.3 is 4.90 Å². The average molecular weight is 277 g/mol. The van der Waals surface area contributed by atoms with E-state index >= 15 is 0 Å². The fourth-order valence-corrected chi connectivity index (χ4v) is 3.31. The van der Waals surface area contributed by atoms with E-state index in [1.54, 1.807) is 11.8 Å². The van der Waals surface area contributed by atoms with Crippen molar-refractivity contribution < 1.29 is 4.79 Å². The molecule has 19 heavy (non-hydrogen) atoms. The fourth-order valence-electron chi connectivity index (χ4n) is 2.36. The smallest absolute Gasteiger partial charge is 0.235 e. The number of amides is 1. The molecule has 1 amide bonds. The Hall–Kier alpha value is -0.960. The van der Waals surface area contributed by atoms with Crippen molar-refractivity contribution in [1.29, 1.82) is 0 Å². The van der Waals surface area contributed by atoms with Gasteiger partial charge in [-0.15, -0.1) is 11.8 Å². The second kappa shape index (κ2) is 6.47. The molecule has 0 radical (unpaired) electrons. The third-order valence-corrected chi connectivity index (χ3v) is 4.88. The number of likely N-dealkylation sites (tertiary alicyclic amines) is 1. The number of piperidine rings is 1. The van der Waals surface area contributed by atoms with E-state index in [1.165, 1.54) is 10.5 Å². The monoisotopic (exact) mass is 277 g/mol. The average Bonchev–Trinajstić information content (AvgIpc) is 2.41. The van der Waals surface area contributed by atoms with Gasteiger partial charge in [0.1, 0.15) is 0 Å². The highest BCUT2D eigenvalue weighted by molar-refractivity contribution is 8.00. The molecule has 1 aromatic carbocycles. The van der Waals surface area contributed by atoms with E-state index in [1.807, 2.05) is 11.8 Å². The Balaban J connectivity index is 1.90. The summed E-state index contributed by atoms with van der Waals surface area (Å²) in [6, 6.07) is 8.40. The lowest BCUT2D eigenvalue weighted by Gasteiger charge is -2.32. The van der Waals surface area contributed by atoms with Gasteiger partial charge in [-0.2, -0.15) is 0 Å². The standard InChI is InChI=1S/C16H23NOS/c1-12-4-6-15(7-5-12)19-14(3)16(18)17-10-8-13(2)9-11-17/h4-7,13-14H,8-11H2,1-3H3/t14-/m0/s1. The topological polar surface area (TPSA) is 20.3 Å². The predicted octanol–water partition coefficient (Wildman–Crippen LogP) is 3.73. The van der Waals surface area contributed by atoms with Crippen molar-refractivity contribution in [2.24, 2.45) is 5.92 Å². The Morgan fingerprint density at radius 2 is 1.84 bits per heavy atom. The van der Waals surface area contributed by atoms with Crippen LogP contribution in [0.5, 0.6) is 0 Å². The Bertz CT molecular complexity index is 421. The number of thioether (sulfide) groups is 1. The molecule has 0 aliphatic carbocycles. The fraction of sp³-hybridized carbons (Fsp3) is 0.562. The lowest BCUT2D eigenvalue weighted by Crippen LogP contribution is -2.41. The zero-order valence-corrected chi connectivity index (χ0v) is 12.9. The van der Waals surface area contributed by atoms with Gasteiger partial charge in [-0.3, -0.25) is 4.79 Å². The van der Waals surface area contributed by atoms with Crippen molar-refractivity contribution in [3.63, 3.8) is 0 Å². The molecule has 1 heterocycles. The molecule has 0 aromatic heterocycles. The highest BCUT2D eigenvalue weighted by Crippen LogP contribution is 2.26. The molecule has 2 nitrogen and oxygen atoms in total.